The molecule has 5 nitrogen and oxygen atoms in total. The van der Waals surface area contributed by atoms with Gasteiger partial charge in [-0.15, -0.1) is 0 Å². The van der Waals surface area contributed by atoms with E-state index in [4.69, 9.17) is 17.7 Å². The average molecular weight is 417 g/mol. The minimum absolute atomic E-state index is 0.0445. The first kappa shape index (κ1) is 23.1. The van der Waals surface area contributed by atoms with Crippen molar-refractivity contribution in [3.05, 3.63) is 0 Å². The Morgan fingerprint density at radius 2 is 1.37 bits per heavy atom. The standard InChI is InChI=1S/C20H40O5Si2/c1-6-15-26(18-11-7-8-12-18,19-13-9-10-14-19)25-20(21)17(2)16-27(22-3,23-4)24-5/h17-19H,6-16H2,1-5H3. The van der Waals surface area contributed by atoms with Crippen LogP contribution in [0.25, 0.3) is 0 Å². The molecule has 0 spiro atoms. The summed E-state index contributed by atoms with van der Waals surface area (Å²) < 4.78 is 23.2. The van der Waals surface area contributed by atoms with Gasteiger partial charge in [0.1, 0.15) is 0 Å². The quantitative estimate of drug-likeness (QED) is 0.428. The topological polar surface area (TPSA) is 54.0 Å². The SMILES string of the molecule is CCC[Si](OC(=O)C(C)C[Si](OC)(OC)OC)(C1CCCC1)C1CCCC1. The molecule has 0 heterocycles. The summed E-state index contributed by atoms with van der Waals surface area (Å²) in [6, 6.07) is 1.60. The third-order valence-corrected chi connectivity index (χ3v) is 15.7. The summed E-state index contributed by atoms with van der Waals surface area (Å²) in [5.74, 6) is -0.306. The molecule has 0 aromatic heterocycles. The zero-order chi connectivity index (χ0) is 19.9. The summed E-state index contributed by atoms with van der Waals surface area (Å²) in [5, 5.41) is 0. The Balaban J connectivity index is 2.18. The van der Waals surface area contributed by atoms with Gasteiger partial charge in [-0.25, -0.2) is 0 Å². The molecule has 0 radical (unpaired) electrons. The van der Waals surface area contributed by atoms with E-state index in [9.17, 15) is 4.79 Å². The van der Waals surface area contributed by atoms with Gasteiger partial charge in [0.15, 0.2) is 0 Å². The van der Waals surface area contributed by atoms with E-state index < -0.39 is 17.1 Å². The summed E-state index contributed by atoms with van der Waals surface area (Å²) in [6.07, 6.45) is 11.4. The van der Waals surface area contributed by atoms with Crippen LogP contribution < -0.4 is 0 Å². The molecule has 1 unspecified atom stereocenters. The van der Waals surface area contributed by atoms with Crippen molar-refractivity contribution >= 4 is 23.1 Å². The van der Waals surface area contributed by atoms with Crippen LogP contribution in [-0.2, 0) is 22.5 Å². The van der Waals surface area contributed by atoms with Crippen molar-refractivity contribution in [3.63, 3.8) is 0 Å². The maximum absolute atomic E-state index is 13.2. The van der Waals surface area contributed by atoms with Crippen LogP contribution >= 0.6 is 0 Å². The average Bonchev–Trinajstić information content (AvgIpc) is 3.40. The summed E-state index contributed by atoms with van der Waals surface area (Å²) in [5.41, 5.74) is 1.32. The van der Waals surface area contributed by atoms with Gasteiger partial charge in [0, 0.05) is 27.4 Å². The summed E-state index contributed by atoms with van der Waals surface area (Å²) in [7, 11) is -0.0983. The van der Waals surface area contributed by atoms with Crippen LogP contribution in [0.3, 0.4) is 0 Å². The van der Waals surface area contributed by atoms with Crippen LogP contribution in [0.2, 0.25) is 23.2 Å². The first-order valence-corrected chi connectivity index (χ1v) is 15.1. The van der Waals surface area contributed by atoms with Crippen LogP contribution in [0.4, 0.5) is 0 Å². The number of hydrogen-bond donors (Lipinski definition) is 0. The molecule has 0 saturated heterocycles. The van der Waals surface area contributed by atoms with Gasteiger partial charge in [-0.3, -0.25) is 4.79 Å². The molecule has 0 aromatic carbocycles. The van der Waals surface area contributed by atoms with Gasteiger partial charge in [-0.2, -0.15) is 0 Å². The van der Waals surface area contributed by atoms with Crippen molar-refractivity contribution in [1.82, 2.24) is 0 Å². The molecule has 2 aliphatic rings. The normalized spacial score (nSPS) is 20.9. The number of rotatable bonds is 11. The second-order valence-electron chi connectivity index (χ2n) is 8.49. The summed E-state index contributed by atoms with van der Waals surface area (Å²) >= 11 is 0. The van der Waals surface area contributed by atoms with E-state index in [0.29, 0.717) is 17.1 Å². The maximum atomic E-state index is 13.2. The summed E-state index contributed by atoms with van der Waals surface area (Å²) in [6.45, 7) is 4.19. The second-order valence-corrected chi connectivity index (χ2v) is 15.7. The number of carbonyl (C=O) groups is 1. The third kappa shape index (κ3) is 5.23. The predicted octanol–water partition coefficient (Wildman–Crippen LogP) is 5.29. The molecule has 2 rings (SSSR count). The predicted molar refractivity (Wildman–Crippen MR) is 112 cm³/mol. The molecule has 0 aliphatic heterocycles. The fraction of sp³-hybridized carbons (Fsp3) is 0.950. The molecule has 2 saturated carbocycles. The van der Waals surface area contributed by atoms with Gasteiger partial charge in [0.05, 0.1) is 5.92 Å². The first-order valence-electron chi connectivity index (χ1n) is 10.8. The minimum Gasteiger partial charge on any atom is -0.518 e. The monoisotopic (exact) mass is 416 g/mol. The molecule has 27 heavy (non-hydrogen) atoms. The van der Waals surface area contributed by atoms with Crippen LogP contribution in [0.15, 0.2) is 0 Å². The van der Waals surface area contributed by atoms with Crippen molar-refractivity contribution < 1.29 is 22.5 Å². The molecule has 158 valence electrons. The fourth-order valence-electron chi connectivity index (χ4n) is 5.43. The fourth-order valence-corrected chi connectivity index (χ4v) is 13.4. The molecule has 2 aliphatic carbocycles. The molecule has 0 bridgehead atoms. The van der Waals surface area contributed by atoms with E-state index in [1.807, 2.05) is 6.92 Å². The number of carbonyl (C=O) groups excluding carboxylic acids is 1. The van der Waals surface area contributed by atoms with E-state index in [0.717, 1.165) is 12.5 Å². The maximum Gasteiger partial charge on any atom is 0.501 e. The highest BCUT2D eigenvalue weighted by atomic mass is 28.4. The molecule has 2 fully saturated rings. The Labute approximate surface area is 168 Å². The van der Waals surface area contributed by atoms with Gasteiger partial charge in [-0.1, -0.05) is 46.0 Å². The van der Waals surface area contributed by atoms with Crippen molar-refractivity contribution in [2.24, 2.45) is 5.92 Å². The zero-order valence-electron chi connectivity index (χ0n) is 18.1. The van der Waals surface area contributed by atoms with Gasteiger partial charge in [0.2, 0.25) is 0 Å². The highest BCUT2D eigenvalue weighted by molar-refractivity contribution is 6.78. The van der Waals surface area contributed by atoms with E-state index in [2.05, 4.69) is 6.92 Å². The Morgan fingerprint density at radius 3 is 1.74 bits per heavy atom. The smallest absolute Gasteiger partial charge is 0.501 e. The molecule has 7 heteroatoms. The highest BCUT2D eigenvalue weighted by Crippen LogP contribution is 2.53. The van der Waals surface area contributed by atoms with Crippen molar-refractivity contribution in [2.75, 3.05) is 21.3 Å². The molecule has 1 atom stereocenters. The molecular formula is C20H40O5Si2. The van der Waals surface area contributed by atoms with Gasteiger partial charge in [0.25, 0.3) is 14.3 Å². The zero-order valence-corrected chi connectivity index (χ0v) is 20.1. The molecule has 0 amide bonds. The summed E-state index contributed by atoms with van der Waals surface area (Å²) in [4.78, 5) is 13.2. The lowest BCUT2D eigenvalue weighted by molar-refractivity contribution is -0.139. The minimum atomic E-state index is -2.79. The van der Waals surface area contributed by atoms with Crippen molar-refractivity contribution in [1.29, 1.82) is 0 Å². The molecule has 0 aromatic rings. The number of hydrogen-bond acceptors (Lipinski definition) is 5. The van der Waals surface area contributed by atoms with Gasteiger partial charge < -0.3 is 17.7 Å². The molecular weight excluding hydrogens is 376 g/mol. The highest BCUT2D eigenvalue weighted by Gasteiger charge is 2.53. The second kappa shape index (κ2) is 10.5. The largest absolute Gasteiger partial charge is 0.518 e. The van der Waals surface area contributed by atoms with Gasteiger partial charge >= 0.3 is 8.80 Å². The lowest BCUT2D eigenvalue weighted by atomic mass is 10.2. The Bertz CT molecular complexity index is 433. The van der Waals surface area contributed by atoms with Crippen molar-refractivity contribution in [3.8, 4) is 0 Å². The Kier molecular flexibility index (Phi) is 8.99. The lowest BCUT2D eigenvalue weighted by Crippen LogP contribution is -2.50. The van der Waals surface area contributed by atoms with E-state index >= 15 is 0 Å². The van der Waals surface area contributed by atoms with Crippen molar-refractivity contribution in [2.45, 2.75) is 94.8 Å². The van der Waals surface area contributed by atoms with Gasteiger partial charge in [-0.05, 0) is 42.8 Å². The first-order chi connectivity index (χ1) is 13.0. The third-order valence-electron chi connectivity index (χ3n) is 6.92. The van der Waals surface area contributed by atoms with Crippen LogP contribution in [0.5, 0.6) is 0 Å². The lowest BCUT2D eigenvalue weighted by Gasteiger charge is -2.41. The Hall–Kier alpha value is -0.216. The van der Waals surface area contributed by atoms with E-state index in [1.165, 1.54) is 51.4 Å². The Morgan fingerprint density at radius 1 is 0.926 bits per heavy atom. The van der Waals surface area contributed by atoms with Crippen LogP contribution in [-0.4, -0.2) is 44.4 Å². The van der Waals surface area contributed by atoms with E-state index in [1.54, 1.807) is 21.3 Å². The van der Waals surface area contributed by atoms with E-state index in [-0.39, 0.29) is 11.9 Å². The molecule has 0 N–H and O–H groups in total. The van der Waals surface area contributed by atoms with Crippen LogP contribution in [0, 0.1) is 5.92 Å². The van der Waals surface area contributed by atoms with Crippen LogP contribution in [0.1, 0.15) is 71.6 Å².